The molecule has 5 heteroatoms. The minimum atomic E-state index is -0.434. The van der Waals surface area contributed by atoms with Crippen LogP contribution in [0.25, 0.3) is 0 Å². The van der Waals surface area contributed by atoms with Gasteiger partial charge in [-0.25, -0.2) is 4.39 Å². The lowest BCUT2D eigenvalue weighted by atomic mass is 9.92. The largest absolute Gasteiger partial charge is 0.369 e. The van der Waals surface area contributed by atoms with Crippen LogP contribution in [0.4, 0.5) is 21.5 Å². The van der Waals surface area contributed by atoms with E-state index in [2.05, 4.69) is 22.1 Å². The minimum Gasteiger partial charge on any atom is -0.369 e. The maximum Gasteiger partial charge on any atom is 0.237 e. The molecule has 0 aliphatic carbocycles. The average Bonchev–Trinajstić information content (AvgIpc) is 3.02. The number of carbonyl (C=O) groups excluding carboxylic acids is 1. The van der Waals surface area contributed by atoms with Crippen molar-refractivity contribution in [3.05, 3.63) is 53.8 Å². The zero-order valence-electron chi connectivity index (χ0n) is 16.2. The Morgan fingerprint density at radius 3 is 2.75 bits per heavy atom. The summed E-state index contributed by atoms with van der Waals surface area (Å²) in [5, 5.41) is 2.85. The monoisotopic (exact) mass is 379 g/mol. The van der Waals surface area contributed by atoms with Gasteiger partial charge in [-0.15, -0.1) is 0 Å². The fourth-order valence-corrected chi connectivity index (χ4v) is 4.25. The topological polar surface area (TPSA) is 44.7 Å². The smallest absolute Gasteiger partial charge is 0.237 e. The van der Waals surface area contributed by atoms with Crippen molar-refractivity contribution in [2.45, 2.75) is 38.5 Å². The number of nitrogens with zero attached hydrogens (tertiary/aromatic N) is 2. The van der Waals surface area contributed by atoms with Crippen LogP contribution in [0.2, 0.25) is 0 Å². The number of carbonyl (C=O) groups is 1. The van der Waals surface area contributed by atoms with Crippen LogP contribution in [0.5, 0.6) is 0 Å². The third-order valence-electron chi connectivity index (χ3n) is 5.79. The lowest BCUT2D eigenvalue weighted by Crippen LogP contribution is -2.34. The molecule has 4 nitrogen and oxygen atoms in total. The maximum atomic E-state index is 14.7. The number of hydrogen-bond donors (Lipinski definition) is 1. The summed E-state index contributed by atoms with van der Waals surface area (Å²) in [5.41, 5.74) is 2.90. The Balaban J connectivity index is 1.45. The number of fused-ring (bicyclic) bond motifs is 1. The molecule has 0 saturated carbocycles. The molecule has 0 radical (unpaired) electrons. The highest BCUT2D eigenvalue weighted by Gasteiger charge is 2.28. The molecule has 2 aromatic rings. The molecular formula is C23H26FN3O. The van der Waals surface area contributed by atoms with E-state index in [4.69, 9.17) is 0 Å². The highest BCUT2D eigenvalue weighted by Crippen LogP contribution is 2.32. The molecule has 0 bridgehead atoms. The van der Waals surface area contributed by atoms with Gasteiger partial charge in [0, 0.05) is 31.1 Å². The fourth-order valence-electron chi connectivity index (χ4n) is 4.25. The quantitative estimate of drug-likeness (QED) is 0.718. The van der Waals surface area contributed by atoms with E-state index >= 15 is 0 Å². The van der Waals surface area contributed by atoms with E-state index in [1.165, 1.54) is 18.9 Å². The first-order chi connectivity index (χ1) is 13.7. The predicted octanol–water partition coefficient (Wildman–Crippen LogP) is 5.28. The normalized spacial score (nSPS) is 19.9. The number of rotatable bonds is 5. The second kappa shape index (κ2) is 8.13. The lowest BCUT2D eigenvalue weighted by molar-refractivity contribution is -0.115. The molecule has 1 fully saturated rings. The summed E-state index contributed by atoms with van der Waals surface area (Å²) in [6.45, 7) is 4.03. The summed E-state index contributed by atoms with van der Waals surface area (Å²) in [7, 11) is 0. The van der Waals surface area contributed by atoms with Crippen LogP contribution in [0.15, 0.2) is 47.5 Å². The van der Waals surface area contributed by atoms with E-state index in [9.17, 15) is 9.18 Å². The van der Waals surface area contributed by atoms with Crippen molar-refractivity contribution in [1.29, 1.82) is 0 Å². The Hall–Kier alpha value is -2.69. The molecule has 2 aliphatic heterocycles. The maximum absolute atomic E-state index is 14.7. The summed E-state index contributed by atoms with van der Waals surface area (Å²) < 4.78 is 14.7. The lowest BCUT2D eigenvalue weighted by Gasteiger charge is -2.33. The van der Waals surface area contributed by atoms with Gasteiger partial charge in [0.15, 0.2) is 0 Å². The zero-order chi connectivity index (χ0) is 19.5. The van der Waals surface area contributed by atoms with Crippen molar-refractivity contribution in [3.63, 3.8) is 0 Å². The minimum absolute atomic E-state index is 0.100. The molecule has 2 aliphatic rings. The first kappa shape index (κ1) is 18.7. The molecule has 1 atom stereocenters. The van der Waals surface area contributed by atoms with Crippen molar-refractivity contribution in [2.24, 2.45) is 10.9 Å². The molecule has 1 unspecified atom stereocenters. The van der Waals surface area contributed by atoms with Gasteiger partial charge in [0.2, 0.25) is 5.91 Å². The first-order valence-electron chi connectivity index (χ1n) is 10.1. The molecule has 146 valence electrons. The van der Waals surface area contributed by atoms with Crippen LogP contribution in [-0.4, -0.2) is 25.2 Å². The van der Waals surface area contributed by atoms with E-state index in [0.717, 1.165) is 43.1 Å². The number of para-hydroxylation sites is 1. The molecule has 28 heavy (non-hydrogen) atoms. The average molecular weight is 379 g/mol. The second-order valence-electron chi connectivity index (χ2n) is 7.69. The van der Waals surface area contributed by atoms with E-state index in [1.807, 2.05) is 36.4 Å². The third-order valence-corrected chi connectivity index (χ3v) is 5.79. The number of anilines is 2. The van der Waals surface area contributed by atoms with Crippen molar-refractivity contribution in [2.75, 3.05) is 23.3 Å². The zero-order valence-corrected chi connectivity index (χ0v) is 16.2. The van der Waals surface area contributed by atoms with Crippen LogP contribution in [0.3, 0.4) is 0 Å². The van der Waals surface area contributed by atoms with E-state index in [-0.39, 0.29) is 11.7 Å². The van der Waals surface area contributed by atoms with Crippen molar-refractivity contribution < 1.29 is 9.18 Å². The Morgan fingerprint density at radius 2 is 2.00 bits per heavy atom. The number of benzene rings is 2. The first-order valence-corrected chi connectivity index (χ1v) is 10.1. The Kier molecular flexibility index (Phi) is 5.42. The molecule has 2 heterocycles. The molecule has 4 rings (SSSR count). The van der Waals surface area contributed by atoms with Gasteiger partial charge in [0.25, 0.3) is 0 Å². The summed E-state index contributed by atoms with van der Waals surface area (Å²) in [5.74, 6) is -0.0120. The number of piperidine rings is 1. The predicted molar refractivity (Wildman–Crippen MR) is 112 cm³/mol. The Morgan fingerprint density at radius 1 is 1.21 bits per heavy atom. The van der Waals surface area contributed by atoms with Crippen molar-refractivity contribution in [3.8, 4) is 0 Å². The second-order valence-corrected chi connectivity index (χ2v) is 7.69. The van der Waals surface area contributed by atoms with Crippen molar-refractivity contribution in [1.82, 2.24) is 0 Å². The molecule has 0 aromatic heterocycles. The molecule has 1 amide bonds. The van der Waals surface area contributed by atoms with Crippen LogP contribution >= 0.6 is 0 Å². The Labute approximate surface area is 165 Å². The number of aliphatic imine (C=N–C) groups is 1. The van der Waals surface area contributed by atoms with E-state index in [1.54, 1.807) is 6.21 Å². The molecule has 1 saturated heterocycles. The van der Waals surface area contributed by atoms with Gasteiger partial charge in [-0.1, -0.05) is 38.0 Å². The fraction of sp³-hybridized carbons (Fsp3) is 0.391. The van der Waals surface area contributed by atoms with Crippen LogP contribution < -0.4 is 10.2 Å². The number of halogens is 1. The SMILES string of the molecule is CCCC1CCN(c2ccc(N=CC3C(=O)Nc4ccccc43)cc2F)CC1. The van der Waals surface area contributed by atoms with Crippen LogP contribution in [-0.2, 0) is 4.79 Å². The summed E-state index contributed by atoms with van der Waals surface area (Å²) in [6.07, 6.45) is 6.34. The third kappa shape index (κ3) is 3.79. The van der Waals surface area contributed by atoms with Gasteiger partial charge < -0.3 is 10.2 Å². The van der Waals surface area contributed by atoms with E-state index in [0.29, 0.717) is 11.4 Å². The van der Waals surface area contributed by atoms with Gasteiger partial charge in [0.05, 0.1) is 11.4 Å². The Bertz CT molecular complexity index is 887. The summed E-state index contributed by atoms with van der Waals surface area (Å²) in [6, 6.07) is 12.7. The number of amides is 1. The highest BCUT2D eigenvalue weighted by molar-refractivity contribution is 6.12. The van der Waals surface area contributed by atoms with Gasteiger partial charge in [0.1, 0.15) is 11.7 Å². The van der Waals surface area contributed by atoms with Crippen LogP contribution in [0, 0.1) is 11.7 Å². The highest BCUT2D eigenvalue weighted by atomic mass is 19.1. The molecule has 0 spiro atoms. The van der Waals surface area contributed by atoms with Gasteiger partial charge in [-0.05, 0) is 42.5 Å². The van der Waals surface area contributed by atoms with Gasteiger partial charge in [-0.3, -0.25) is 9.79 Å². The van der Waals surface area contributed by atoms with Gasteiger partial charge in [-0.2, -0.15) is 0 Å². The standard InChI is InChI=1S/C23H26FN3O/c1-2-5-16-10-12-27(13-11-16)22-9-8-17(14-20(22)24)25-15-19-18-6-3-4-7-21(18)26-23(19)28/h3-4,6-9,14-16,19H,2,5,10-13H2,1H3,(H,26,28). The molecular weight excluding hydrogens is 353 g/mol. The number of hydrogen-bond acceptors (Lipinski definition) is 3. The molecule has 1 N–H and O–H groups in total. The van der Waals surface area contributed by atoms with E-state index < -0.39 is 5.92 Å². The molecule has 2 aromatic carbocycles. The number of nitrogens with one attached hydrogen (secondary N) is 1. The summed E-state index contributed by atoms with van der Waals surface area (Å²) >= 11 is 0. The van der Waals surface area contributed by atoms with Gasteiger partial charge >= 0.3 is 0 Å². The van der Waals surface area contributed by atoms with Crippen molar-refractivity contribution >= 4 is 29.2 Å². The van der Waals surface area contributed by atoms with Crippen LogP contribution in [0.1, 0.15) is 44.1 Å². The summed E-state index contributed by atoms with van der Waals surface area (Å²) in [4.78, 5) is 18.7.